The molecule has 1 heterocycles. The van der Waals surface area contributed by atoms with Crippen LogP contribution in [0.1, 0.15) is 44.9 Å². The van der Waals surface area contributed by atoms with Gasteiger partial charge >= 0.3 is 0 Å². The van der Waals surface area contributed by atoms with Crippen LogP contribution in [-0.2, 0) is 4.74 Å². The minimum Gasteiger partial charge on any atom is -0.381 e. The van der Waals surface area contributed by atoms with E-state index in [1.807, 2.05) is 0 Å². The molecule has 2 N–H and O–H groups in total. The van der Waals surface area contributed by atoms with Gasteiger partial charge in [-0.25, -0.2) is 0 Å². The number of nitrogens with two attached hydrogens (primary N) is 1. The molecule has 0 aromatic rings. The van der Waals surface area contributed by atoms with E-state index in [1.165, 1.54) is 44.9 Å². The van der Waals surface area contributed by atoms with Crippen LogP contribution in [0, 0.1) is 23.2 Å². The molecule has 0 amide bonds. The second-order valence-electron chi connectivity index (χ2n) is 6.50. The average molecular weight is 223 g/mol. The van der Waals surface area contributed by atoms with E-state index in [0.29, 0.717) is 5.41 Å². The van der Waals surface area contributed by atoms with Crippen LogP contribution in [-0.4, -0.2) is 19.8 Å². The minimum absolute atomic E-state index is 0.341. The molecule has 1 aliphatic heterocycles. The molecule has 3 aliphatic rings. The van der Waals surface area contributed by atoms with Gasteiger partial charge in [0.15, 0.2) is 0 Å². The monoisotopic (exact) mass is 223 g/mol. The highest BCUT2D eigenvalue weighted by Gasteiger charge is 2.43. The minimum atomic E-state index is 0.341. The van der Waals surface area contributed by atoms with Crippen molar-refractivity contribution in [2.45, 2.75) is 44.9 Å². The van der Waals surface area contributed by atoms with Crippen molar-refractivity contribution in [3.8, 4) is 0 Å². The molecule has 2 saturated carbocycles. The molecule has 4 atom stereocenters. The molecule has 2 aliphatic carbocycles. The summed E-state index contributed by atoms with van der Waals surface area (Å²) in [5.74, 6) is 3.08. The van der Waals surface area contributed by atoms with Gasteiger partial charge in [-0.2, -0.15) is 0 Å². The Labute approximate surface area is 98.9 Å². The average Bonchev–Trinajstić information content (AvgIpc) is 2.92. The van der Waals surface area contributed by atoms with Crippen molar-refractivity contribution < 1.29 is 4.74 Å². The fourth-order valence-electron chi connectivity index (χ4n) is 4.50. The van der Waals surface area contributed by atoms with E-state index >= 15 is 0 Å². The largest absolute Gasteiger partial charge is 0.381 e. The summed E-state index contributed by atoms with van der Waals surface area (Å²) in [7, 11) is 0. The van der Waals surface area contributed by atoms with Gasteiger partial charge in [0.2, 0.25) is 0 Å². The summed E-state index contributed by atoms with van der Waals surface area (Å²) >= 11 is 0. The van der Waals surface area contributed by atoms with Gasteiger partial charge in [-0.05, 0) is 56.3 Å². The van der Waals surface area contributed by atoms with Gasteiger partial charge in [-0.1, -0.05) is 6.42 Å². The molecule has 0 radical (unpaired) electrons. The van der Waals surface area contributed by atoms with Crippen LogP contribution in [0.3, 0.4) is 0 Å². The first-order valence-electron chi connectivity index (χ1n) is 7.09. The van der Waals surface area contributed by atoms with Gasteiger partial charge in [0.05, 0.1) is 6.61 Å². The summed E-state index contributed by atoms with van der Waals surface area (Å²) in [5, 5.41) is 0. The fraction of sp³-hybridized carbons (Fsp3) is 1.00. The van der Waals surface area contributed by atoms with E-state index in [9.17, 15) is 0 Å². The molecule has 2 bridgehead atoms. The lowest BCUT2D eigenvalue weighted by Crippen LogP contribution is -2.41. The van der Waals surface area contributed by atoms with E-state index in [0.717, 1.165) is 37.5 Å². The molecular formula is C14H25NO. The van der Waals surface area contributed by atoms with Crippen molar-refractivity contribution in [3.05, 3.63) is 0 Å². The molecule has 2 nitrogen and oxygen atoms in total. The number of hydrogen-bond acceptors (Lipinski definition) is 2. The zero-order valence-corrected chi connectivity index (χ0v) is 10.3. The van der Waals surface area contributed by atoms with Crippen molar-refractivity contribution in [1.82, 2.24) is 0 Å². The summed E-state index contributed by atoms with van der Waals surface area (Å²) in [5.41, 5.74) is 6.38. The van der Waals surface area contributed by atoms with Crippen LogP contribution in [0.5, 0.6) is 0 Å². The third kappa shape index (κ3) is 1.91. The molecule has 3 rings (SSSR count). The summed E-state index contributed by atoms with van der Waals surface area (Å²) in [4.78, 5) is 0. The predicted molar refractivity (Wildman–Crippen MR) is 65.1 cm³/mol. The zero-order valence-electron chi connectivity index (χ0n) is 10.3. The third-order valence-corrected chi connectivity index (χ3v) is 5.42. The predicted octanol–water partition coefficient (Wildman–Crippen LogP) is 2.57. The molecule has 16 heavy (non-hydrogen) atoms. The van der Waals surface area contributed by atoms with Crippen molar-refractivity contribution in [2.75, 3.05) is 19.8 Å². The molecule has 0 aromatic heterocycles. The summed E-state index contributed by atoms with van der Waals surface area (Å²) in [6.07, 6.45) is 9.89. The van der Waals surface area contributed by atoms with Crippen LogP contribution in [0.15, 0.2) is 0 Å². The van der Waals surface area contributed by atoms with E-state index in [-0.39, 0.29) is 0 Å². The number of hydrogen-bond donors (Lipinski definition) is 1. The third-order valence-electron chi connectivity index (χ3n) is 5.42. The Kier molecular flexibility index (Phi) is 2.97. The Hall–Kier alpha value is -0.0800. The van der Waals surface area contributed by atoms with Crippen molar-refractivity contribution in [3.63, 3.8) is 0 Å². The van der Waals surface area contributed by atoms with Crippen molar-refractivity contribution in [2.24, 2.45) is 28.9 Å². The molecule has 92 valence electrons. The smallest absolute Gasteiger partial charge is 0.0534 e. The van der Waals surface area contributed by atoms with Gasteiger partial charge in [-0.3, -0.25) is 0 Å². The lowest BCUT2D eigenvalue weighted by Gasteiger charge is -2.39. The van der Waals surface area contributed by atoms with Crippen LogP contribution in [0.2, 0.25) is 0 Å². The van der Waals surface area contributed by atoms with Gasteiger partial charge < -0.3 is 10.5 Å². The highest BCUT2D eigenvalue weighted by Crippen LogP contribution is 2.52. The Morgan fingerprint density at radius 1 is 1.25 bits per heavy atom. The van der Waals surface area contributed by atoms with Crippen LogP contribution >= 0.6 is 0 Å². The maximum atomic E-state index is 6.03. The summed E-state index contributed by atoms with van der Waals surface area (Å²) in [6, 6.07) is 0. The normalized spacial score (nSPS) is 47.4. The maximum Gasteiger partial charge on any atom is 0.0534 e. The van der Waals surface area contributed by atoms with Gasteiger partial charge in [-0.15, -0.1) is 0 Å². The molecular weight excluding hydrogens is 198 g/mol. The van der Waals surface area contributed by atoms with E-state index < -0.39 is 0 Å². The standard InChI is InChI=1S/C14H25NO/c15-9-14(4-1-5-16-10-14)8-13-7-11-2-3-12(13)6-11/h11-13H,1-10,15H2. The molecule has 1 saturated heterocycles. The summed E-state index contributed by atoms with van der Waals surface area (Å²) < 4.78 is 5.69. The second kappa shape index (κ2) is 4.30. The lowest BCUT2D eigenvalue weighted by atomic mass is 9.71. The Balaban J connectivity index is 1.63. The Morgan fingerprint density at radius 2 is 2.19 bits per heavy atom. The van der Waals surface area contributed by atoms with Gasteiger partial charge in [0.25, 0.3) is 0 Å². The van der Waals surface area contributed by atoms with Gasteiger partial charge in [0.1, 0.15) is 0 Å². The first-order valence-corrected chi connectivity index (χ1v) is 7.09. The molecule has 0 aromatic carbocycles. The number of fused-ring (bicyclic) bond motifs is 2. The van der Waals surface area contributed by atoms with Crippen LogP contribution in [0.4, 0.5) is 0 Å². The Morgan fingerprint density at radius 3 is 2.75 bits per heavy atom. The summed E-state index contributed by atoms with van der Waals surface area (Å²) in [6.45, 7) is 2.72. The highest BCUT2D eigenvalue weighted by molar-refractivity contribution is 4.95. The molecule has 4 unspecified atom stereocenters. The fourth-order valence-corrected chi connectivity index (χ4v) is 4.50. The number of ether oxygens (including phenoxy) is 1. The zero-order chi connectivity index (χ0) is 11.0. The van der Waals surface area contributed by atoms with E-state index in [2.05, 4.69) is 0 Å². The SMILES string of the molecule is NCC1(CC2CC3CCC2C3)CCCOC1. The Bertz CT molecular complexity index is 247. The van der Waals surface area contributed by atoms with E-state index in [4.69, 9.17) is 10.5 Å². The molecule has 0 spiro atoms. The molecule has 3 fully saturated rings. The number of rotatable bonds is 3. The van der Waals surface area contributed by atoms with Crippen LogP contribution in [0.25, 0.3) is 0 Å². The van der Waals surface area contributed by atoms with E-state index in [1.54, 1.807) is 0 Å². The topological polar surface area (TPSA) is 35.2 Å². The maximum absolute atomic E-state index is 6.03. The first-order chi connectivity index (χ1) is 7.81. The second-order valence-corrected chi connectivity index (χ2v) is 6.50. The van der Waals surface area contributed by atoms with Gasteiger partial charge in [0, 0.05) is 18.6 Å². The lowest BCUT2D eigenvalue weighted by molar-refractivity contribution is -0.0204. The van der Waals surface area contributed by atoms with Crippen LogP contribution < -0.4 is 5.73 Å². The highest BCUT2D eigenvalue weighted by atomic mass is 16.5. The first kappa shape index (κ1) is 11.0. The van der Waals surface area contributed by atoms with Crippen molar-refractivity contribution in [1.29, 1.82) is 0 Å². The quantitative estimate of drug-likeness (QED) is 0.798. The van der Waals surface area contributed by atoms with Crippen molar-refractivity contribution >= 4 is 0 Å². The molecule has 2 heteroatoms.